The van der Waals surface area contributed by atoms with Crippen LogP contribution in [0.3, 0.4) is 0 Å². The zero-order valence-corrected chi connectivity index (χ0v) is 10.8. The van der Waals surface area contributed by atoms with Crippen LogP contribution in [-0.2, 0) is 5.75 Å². The Morgan fingerprint density at radius 2 is 2.12 bits per heavy atom. The van der Waals surface area contributed by atoms with E-state index in [9.17, 15) is 0 Å². The number of likely N-dealkylation sites (tertiary alicyclic amines) is 1. The summed E-state index contributed by atoms with van der Waals surface area (Å²) in [7, 11) is 3.91. The molecule has 88 valence electrons. The largest absolute Gasteiger partial charge is 0.497 e. The molecule has 1 aliphatic heterocycles. The summed E-state index contributed by atoms with van der Waals surface area (Å²) in [4.78, 5) is 2.41. The molecule has 1 saturated heterocycles. The molecule has 0 saturated carbocycles. The lowest BCUT2D eigenvalue weighted by molar-refractivity contribution is 0.414. The Morgan fingerprint density at radius 1 is 1.38 bits per heavy atom. The molecule has 1 unspecified atom stereocenters. The molecular weight excluding hydrogens is 218 g/mol. The summed E-state index contributed by atoms with van der Waals surface area (Å²) in [5.41, 5.74) is 1.39. The topological polar surface area (TPSA) is 12.5 Å². The monoisotopic (exact) mass is 237 g/mol. The molecule has 0 spiro atoms. The maximum Gasteiger partial charge on any atom is 0.118 e. The van der Waals surface area contributed by atoms with Gasteiger partial charge in [0.25, 0.3) is 0 Å². The van der Waals surface area contributed by atoms with Crippen LogP contribution in [-0.4, -0.2) is 37.4 Å². The second-order valence-corrected chi connectivity index (χ2v) is 5.62. The van der Waals surface area contributed by atoms with E-state index in [1.54, 1.807) is 7.11 Å². The fourth-order valence-corrected chi connectivity index (χ4v) is 3.22. The van der Waals surface area contributed by atoms with Crippen molar-refractivity contribution in [2.24, 2.45) is 0 Å². The number of methoxy groups -OCH3 is 1. The van der Waals surface area contributed by atoms with Crippen molar-refractivity contribution >= 4 is 11.8 Å². The maximum absolute atomic E-state index is 5.15. The van der Waals surface area contributed by atoms with E-state index in [0.717, 1.165) is 16.8 Å². The highest BCUT2D eigenvalue weighted by molar-refractivity contribution is 7.99. The molecule has 1 aromatic carbocycles. The van der Waals surface area contributed by atoms with Crippen LogP contribution in [0.15, 0.2) is 24.3 Å². The van der Waals surface area contributed by atoms with E-state index in [1.807, 2.05) is 12.1 Å². The first-order chi connectivity index (χ1) is 7.78. The molecule has 0 radical (unpaired) electrons. The normalized spacial score (nSPS) is 21.2. The molecule has 1 aliphatic rings. The summed E-state index contributed by atoms with van der Waals surface area (Å²) in [6, 6.07) is 8.39. The zero-order chi connectivity index (χ0) is 11.4. The Labute approximate surface area is 102 Å². The summed E-state index contributed by atoms with van der Waals surface area (Å²) in [6.45, 7) is 2.49. The van der Waals surface area contributed by atoms with Gasteiger partial charge in [0, 0.05) is 17.5 Å². The van der Waals surface area contributed by atoms with Gasteiger partial charge in [-0.2, -0.15) is 11.8 Å². The molecule has 1 heterocycles. The summed E-state index contributed by atoms with van der Waals surface area (Å²) < 4.78 is 5.15. The van der Waals surface area contributed by atoms with E-state index in [0.29, 0.717) is 0 Å². The van der Waals surface area contributed by atoms with E-state index in [1.165, 1.54) is 25.1 Å². The molecule has 0 aromatic heterocycles. The summed E-state index contributed by atoms with van der Waals surface area (Å²) in [5.74, 6) is 2.05. The third-order valence-electron chi connectivity index (χ3n) is 2.99. The van der Waals surface area contributed by atoms with Crippen molar-refractivity contribution in [3.8, 4) is 5.75 Å². The van der Waals surface area contributed by atoms with Crippen LogP contribution in [0.1, 0.15) is 12.0 Å². The molecule has 1 aromatic rings. The second kappa shape index (κ2) is 5.60. The van der Waals surface area contributed by atoms with Crippen molar-refractivity contribution < 1.29 is 4.74 Å². The van der Waals surface area contributed by atoms with Crippen LogP contribution in [0, 0.1) is 0 Å². The molecule has 3 heteroatoms. The predicted molar refractivity (Wildman–Crippen MR) is 70.2 cm³/mol. The Kier molecular flexibility index (Phi) is 4.13. The fourth-order valence-electron chi connectivity index (χ4n) is 1.97. The van der Waals surface area contributed by atoms with Gasteiger partial charge in [-0.3, -0.25) is 0 Å². The summed E-state index contributed by atoms with van der Waals surface area (Å²) >= 11 is 2.07. The van der Waals surface area contributed by atoms with Crippen molar-refractivity contribution in [3.05, 3.63) is 29.8 Å². The third-order valence-corrected chi connectivity index (χ3v) is 4.35. The first-order valence-corrected chi connectivity index (χ1v) is 6.76. The lowest BCUT2D eigenvalue weighted by atomic mass is 10.2. The van der Waals surface area contributed by atoms with E-state index < -0.39 is 0 Å². The minimum atomic E-state index is 0.812. The number of rotatable bonds is 4. The van der Waals surface area contributed by atoms with Crippen LogP contribution in [0.25, 0.3) is 0 Å². The minimum Gasteiger partial charge on any atom is -0.497 e. The zero-order valence-electron chi connectivity index (χ0n) is 9.98. The van der Waals surface area contributed by atoms with Crippen molar-refractivity contribution in [2.75, 3.05) is 27.2 Å². The van der Waals surface area contributed by atoms with Crippen LogP contribution in [0.2, 0.25) is 0 Å². The molecule has 16 heavy (non-hydrogen) atoms. The van der Waals surface area contributed by atoms with E-state index in [2.05, 4.69) is 35.8 Å². The smallest absolute Gasteiger partial charge is 0.118 e. The van der Waals surface area contributed by atoms with Crippen molar-refractivity contribution in [3.63, 3.8) is 0 Å². The summed E-state index contributed by atoms with van der Waals surface area (Å²) in [5, 5.41) is 0.812. The molecule has 2 nitrogen and oxygen atoms in total. The Morgan fingerprint density at radius 3 is 2.69 bits per heavy atom. The number of hydrogen-bond acceptors (Lipinski definition) is 3. The number of ether oxygens (including phenoxy) is 1. The number of nitrogens with zero attached hydrogens (tertiary/aromatic N) is 1. The minimum absolute atomic E-state index is 0.812. The summed E-state index contributed by atoms with van der Waals surface area (Å²) in [6.07, 6.45) is 1.33. The molecule has 2 rings (SSSR count). The average molecular weight is 237 g/mol. The highest BCUT2D eigenvalue weighted by atomic mass is 32.2. The van der Waals surface area contributed by atoms with E-state index in [-0.39, 0.29) is 0 Å². The van der Waals surface area contributed by atoms with Gasteiger partial charge in [-0.25, -0.2) is 0 Å². The molecule has 0 N–H and O–H groups in total. The Hall–Kier alpha value is -0.670. The number of hydrogen-bond donors (Lipinski definition) is 0. The van der Waals surface area contributed by atoms with Crippen LogP contribution in [0.4, 0.5) is 0 Å². The SMILES string of the molecule is COc1ccc(CSC2CCN(C)C2)cc1. The number of thioether (sulfide) groups is 1. The van der Waals surface area contributed by atoms with Crippen molar-refractivity contribution in [1.29, 1.82) is 0 Å². The Bertz CT molecular complexity index is 325. The average Bonchev–Trinajstić information content (AvgIpc) is 2.73. The number of benzene rings is 1. The second-order valence-electron chi connectivity index (χ2n) is 4.33. The molecule has 1 atom stereocenters. The highest BCUT2D eigenvalue weighted by Crippen LogP contribution is 2.25. The van der Waals surface area contributed by atoms with Gasteiger partial charge in [-0.05, 0) is 37.7 Å². The molecule has 0 amide bonds. The van der Waals surface area contributed by atoms with E-state index >= 15 is 0 Å². The van der Waals surface area contributed by atoms with Gasteiger partial charge < -0.3 is 9.64 Å². The lowest BCUT2D eigenvalue weighted by Gasteiger charge is -2.10. The van der Waals surface area contributed by atoms with Crippen molar-refractivity contribution in [2.45, 2.75) is 17.4 Å². The molecule has 0 bridgehead atoms. The van der Waals surface area contributed by atoms with Crippen molar-refractivity contribution in [1.82, 2.24) is 4.90 Å². The van der Waals surface area contributed by atoms with Gasteiger partial charge in [0.2, 0.25) is 0 Å². The predicted octanol–water partition coefficient (Wildman–Crippen LogP) is 2.63. The van der Waals surface area contributed by atoms with Crippen LogP contribution >= 0.6 is 11.8 Å². The van der Waals surface area contributed by atoms with Gasteiger partial charge in [-0.1, -0.05) is 12.1 Å². The van der Waals surface area contributed by atoms with Gasteiger partial charge in [0.15, 0.2) is 0 Å². The Balaban J connectivity index is 1.80. The van der Waals surface area contributed by atoms with E-state index in [4.69, 9.17) is 4.74 Å². The third kappa shape index (κ3) is 3.16. The molecule has 1 fully saturated rings. The first kappa shape index (κ1) is 11.8. The van der Waals surface area contributed by atoms with Gasteiger partial charge in [0.1, 0.15) is 5.75 Å². The van der Waals surface area contributed by atoms with Gasteiger partial charge in [-0.15, -0.1) is 0 Å². The van der Waals surface area contributed by atoms with Gasteiger partial charge in [0.05, 0.1) is 7.11 Å². The maximum atomic E-state index is 5.15. The van der Waals surface area contributed by atoms with Crippen LogP contribution in [0.5, 0.6) is 5.75 Å². The first-order valence-electron chi connectivity index (χ1n) is 5.71. The van der Waals surface area contributed by atoms with Crippen LogP contribution < -0.4 is 4.74 Å². The standard InChI is InChI=1S/C13H19NOS/c1-14-8-7-13(9-14)16-10-11-3-5-12(15-2)6-4-11/h3-6,13H,7-10H2,1-2H3. The molecule has 0 aliphatic carbocycles. The van der Waals surface area contributed by atoms with Gasteiger partial charge >= 0.3 is 0 Å². The lowest BCUT2D eigenvalue weighted by Crippen LogP contribution is -2.14. The fraction of sp³-hybridized carbons (Fsp3) is 0.538. The quantitative estimate of drug-likeness (QED) is 0.799. The molecular formula is C13H19NOS. The highest BCUT2D eigenvalue weighted by Gasteiger charge is 2.19.